The molecule has 0 aliphatic heterocycles. The third-order valence-corrected chi connectivity index (χ3v) is 5.76. The van der Waals surface area contributed by atoms with Gasteiger partial charge in [-0.1, -0.05) is 29.8 Å². The van der Waals surface area contributed by atoms with Gasteiger partial charge in [0, 0.05) is 43.0 Å². The maximum Gasteiger partial charge on any atom is 0.274 e. The van der Waals surface area contributed by atoms with Gasteiger partial charge in [-0.25, -0.2) is 0 Å². The summed E-state index contributed by atoms with van der Waals surface area (Å²) in [5.41, 5.74) is 2.36. The van der Waals surface area contributed by atoms with E-state index in [9.17, 15) is 9.59 Å². The Bertz CT molecular complexity index is 1390. The summed E-state index contributed by atoms with van der Waals surface area (Å²) in [6, 6.07) is 16.3. The first-order valence-electron chi connectivity index (χ1n) is 10.9. The highest BCUT2D eigenvalue weighted by atomic mass is 35.5. The molecule has 2 aromatic carbocycles. The smallest absolute Gasteiger partial charge is 0.274 e. The molecule has 0 spiro atoms. The molecule has 4 rings (SSSR count). The second kappa shape index (κ2) is 10.1. The molecule has 0 bridgehead atoms. The van der Waals surface area contributed by atoms with E-state index in [1.165, 1.54) is 6.07 Å². The SMILES string of the molecule is CCOCCCn1c(Cc2cccc(OC)c2)c2c(=O)[nH]n(-c3cccc(Cl)c3)c2cc1=O. The van der Waals surface area contributed by atoms with Crippen LogP contribution < -0.4 is 15.9 Å². The maximum atomic E-state index is 13.2. The summed E-state index contributed by atoms with van der Waals surface area (Å²) < 4.78 is 14.1. The van der Waals surface area contributed by atoms with E-state index < -0.39 is 0 Å². The van der Waals surface area contributed by atoms with Crippen molar-refractivity contribution in [2.75, 3.05) is 20.3 Å². The fourth-order valence-electron chi connectivity index (χ4n) is 4.02. The largest absolute Gasteiger partial charge is 0.497 e. The molecule has 8 heteroatoms. The second-order valence-corrected chi connectivity index (χ2v) is 8.11. The van der Waals surface area contributed by atoms with E-state index in [0.29, 0.717) is 59.9 Å². The molecule has 0 unspecified atom stereocenters. The van der Waals surface area contributed by atoms with E-state index in [-0.39, 0.29) is 11.1 Å². The van der Waals surface area contributed by atoms with Crippen molar-refractivity contribution in [3.63, 3.8) is 0 Å². The van der Waals surface area contributed by atoms with Crippen LogP contribution in [0.1, 0.15) is 24.6 Å². The number of methoxy groups -OCH3 is 1. The molecule has 7 nitrogen and oxygen atoms in total. The number of benzene rings is 2. The Hall–Kier alpha value is -3.29. The summed E-state index contributed by atoms with van der Waals surface area (Å²) in [4.78, 5) is 26.4. The minimum Gasteiger partial charge on any atom is -0.497 e. The van der Waals surface area contributed by atoms with E-state index in [0.717, 1.165) is 11.3 Å². The molecule has 0 saturated carbocycles. The lowest BCUT2D eigenvalue weighted by molar-refractivity contribution is 0.141. The normalized spacial score (nSPS) is 11.2. The molecule has 2 aromatic heterocycles. The highest BCUT2D eigenvalue weighted by molar-refractivity contribution is 6.30. The highest BCUT2D eigenvalue weighted by Gasteiger charge is 2.19. The fourth-order valence-corrected chi connectivity index (χ4v) is 4.20. The zero-order valence-corrected chi connectivity index (χ0v) is 19.4. The van der Waals surface area contributed by atoms with Crippen molar-refractivity contribution in [3.05, 3.63) is 91.6 Å². The number of aromatic amines is 1. The molecule has 0 fully saturated rings. The Morgan fingerprint density at radius 2 is 1.88 bits per heavy atom. The molecule has 4 aromatic rings. The van der Waals surface area contributed by atoms with Gasteiger partial charge in [-0.2, -0.15) is 0 Å². The van der Waals surface area contributed by atoms with Gasteiger partial charge in [0.05, 0.1) is 23.7 Å². The van der Waals surface area contributed by atoms with Gasteiger partial charge in [0.1, 0.15) is 5.75 Å². The van der Waals surface area contributed by atoms with E-state index in [1.807, 2.05) is 37.3 Å². The number of hydrogen-bond acceptors (Lipinski definition) is 4. The number of H-pyrrole nitrogens is 1. The summed E-state index contributed by atoms with van der Waals surface area (Å²) in [5, 5.41) is 3.89. The van der Waals surface area contributed by atoms with Crippen LogP contribution >= 0.6 is 11.6 Å². The third-order valence-electron chi connectivity index (χ3n) is 5.52. The minimum atomic E-state index is -0.263. The fraction of sp³-hybridized carbons (Fsp3) is 0.280. The Labute approximate surface area is 196 Å². The number of nitrogens with zero attached hydrogens (tertiary/aromatic N) is 2. The molecule has 0 amide bonds. The lowest BCUT2D eigenvalue weighted by atomic mass is 10.1. The van der Waals surface area contributed by atoms with Gasteiger partial charge in [-0.05, 0) is 49.2 Å². The Kier molecular flexibility index (Phi) is 7.01. The monoisotopic (exact) mass is 467 g/mol. The predicted octanol–water partition coefficient (Wildman–Crippen LogP) is 4.16. The van der Waals surface area contributed by atoms with Crippen LogP contribution in [-0.2, 0) is 17.7 Å². The number of ether oxygens (including phenoxy) is 2. The van der Waals surface area contributed by atoms with Crippen molar-refractivity contribution < 1.29 is 9.47 Å². The lowest BCUT2D eigenvalue weighted by Crippen LogP contribution is -2.25. The molecule has 33 heavy (non-hydrogen) atoms. The van der Waals surface area contributed by atoms with Crippen molar-refractivity contribution in [2.24, 2.45) is 0 Å². The third kappa shape index (κ3) is 4.89. The van der Waals surface area contributed by atoms with Gasteiger partial charge in [-0.3, -0.25) is 19.4 Å². The van der Waals surface area contributed by atoms with Crippen molar-refractivity contribution in [2.45, 2.75) is 26.3 Å². The first kappa shape index (κ1) is 22.9. The van der Waals surface area contributed by atoms with Gasteiger partial charge in [-0.15, -0.1) is 0 Å². The number of hydrogen-bond donors (Lipinski definition) is 1. The lowest BCUT2D eigenvalue weighted by Gasteiger charge is -2.15. The maximum absolute atomic E-state index is 13.2. The molecular formula is C25H26ClN3O4. The molecule has 0 aliphatic carbocycles. The van der Waals surface area contributed by atoms with Crippen LogP contribution in [0.15, 0.2) is 64.2 Å². The van der Waals surface area contributed by atoms with Gasteiger partial charge in [0.15, 0.2) is 0 Å². The quantitative estimate of drug-likeness (QED) is 0.375. The van der Waals surface area contributed by atoms with Crippen LogP contribution in [-0.4, -0.2) is 34.7 Å². The van der Waals surface area contributed by atoms with Gasteiger partial charge >= 0.3 is 0 Å². The van der Waals surface area contributed by atoms with Crippen LogP contribution in [0, 0.1) is 0 Å². The highest BCUT2D eigenvalue weighted by Crippen LogP contribution is 2.23. The summed E-state index contributed by atoms with van der Waals surface area (Å²) in [5.74, 6) is 0.718. The average molecular weight is 468 g/mol. The number of fused-ring (bicyclic) bond motifs is 1. The molecule has 0 aliphatic rings. The molecule has 1 N–H and O–H groups in total. The standard InChI is InChI=1S/C25H26ClN3O4/c1-3-33-12-6-11-28-21(14-17-7-4-10-20(13-17)32-2)24-22(16-23(28)30)29(27-25(24)31)19-9-5-8-18(26)15-19/h4-5,7-10,13,15-16H,3,6,11-12,14H2,1-2H3,(H,27,31). The summed E-state index contributed by atoms with van der Waals surface area (Å²) in [6.45, 7) is 3.55. The second-order valence-electron chi connectivity index (χ2n) is 7.68. The van der Waals surface area contributed by atoms with E-state index in [1.54, 1.807) is 34.6 Å². The molecule has 0 radical (unpaired) electrons. The molecule has 0 saturated heterocycles. The molecular weight excluding hydrogens is 442 g/mol. The Morgan fingerprint density at radius 3 is 2.64 bits per heavy atom. The number of aromatic nitrogens is 3. The van der Waals surface area contributed by atoms with Crippen molar-refractivity contribution in [3.8, 4) is 11.4 Å². The van der Waals surface area contributed by atoms with E-state index in [2.05, 4.69) is 5.10 Å². The minimum absolute atomic E-state index is 0.174. The molecule has 2 heterocycles. The first-order chi connectivity index (χ1) is 16.0. The molecule has 0 atom stereocenters. The number of rotatable bonds is 9. The van der Waals surface area contributed by atoms with E-state index in [4.69, 9.17) is 21.1 Å². The zero-order valence-electron chi connectivity index (χ0n) is 18.6. The Balaban J connectivity index is 1.89. The summed E-state index contributed by atoms with van der Waals surface area (Å²) in [6.07, 6.45) is 1.07. The number of pyridine rings is 1. The first-order valence-corrected chi connectivity index (χ1v) is 11.2. The number of nitrogens with one attached hydrogen (secondary N) is 1. The van der Waals surface area contributed by atoms with Gasteiger partial charge < -0.3 is 14.0 Å². The topological polar surface area (TPSA) is 78.2 Å². The van der Waals surface area contributed by atoms with Crippen LogP contribution in [0.2, 0.25) is 5.02 Å². The van der Waals surface area contributed by atoms with Crippen LogP contribution in [0.5, 0.6) is 5.75 Å². The predicted molar refractivity (Wildman–Crippen MR) is 130 cm³/mol. The van der Waals surface area contributed by atoms with Crippen molar-refractivity contribution >= 4 is 22.5 Å². The zero-order chi connectivity index (χ0) is 23.4. The van der Waals surface area contributed by atoms with E-state index >= 15 is 0 Å². The Morgan fingerprint density at radius 1 is 1.06 bits per heavy atom. The van der Waals surface area contributed by atoms with Crippen molar-refractivity contribution in [1.29, 1.82) is 0 Å². The van der Waals surface area contributed by atoms with Crippen LogP contribution in [0.25, 0.3) is 16.6 Å². The number of halogens is 1. The van der Waals surface area contributed by atoms with Gasteiger partial charge in [0.2, 0.25) is 0 Å². The molecule has 172 valence electrons. The van der Waals surface area contributed by atoms with Crippen LogP contribution in [0.4, 0.5) is 0 Å². The summed E-state index contributed by atoms with van der Waals surface area (Å²) >= 11 is 6.16. The summed E-state index contributed by atoms with van der Waals surface area (Å²) in [7, 11) is 1.61. The van der Waals surface area contributed by atoms with Crippen molar-refractivity contribution in [1.82, 2.24) is 14.3 Å². The van der Waals surface area contributed by atoms with Gasteiger partial charge in [0.25, 0.3) is 11.1 Å². The average Bonchev–Trinajstić information content (AvgIpc) is 3.14. The van der Waals surface area contributed by atoms with Crippen LogP contribution in [0.3, 0.4) is 0 Å².